The van der Waals surface area contributed by atoms with E-state index in [1.165, 1.54) is 24.3 Å². The van der Waals surface area contributed by atoms with E-state index in [0.717, 1.165) is 18.2 Å². The van der Waals surface area contributed by atoms with Crippen molar-refractivity contribution in [2.24, 2.45) is 0 Å². The zero-order valence-corrected chi connectivity index (χ0v) is 13.0. The Morgan fingerprint density at radius 1 is 1.09 bits per heavy atom. The summed E-state index contributed by atoms with van der Waals surface area (Å²) in [5, 5.41) is 0. The standard InChI is InChI=1S/C16H9BrF4O2/c17-13(8-1-3-9(4-2-8)16(19,20)21)14-12-7-10(18)5-6-11(12)15(22)23-14/h1-7,13-14H/t13-,14+/m0/s1. The average molecular weight is 389 g/mol. The van der Waals surface area contributed by atoms with Crippen LogP contribution in [-0.2, 0) is 10.9 Å². The van der Waals surface area contributed by atoms with Crippen molar-refractivity contribution in [3.63, 3.8) is 0 Å². The molecule has 2 atom stereocenters. The maximum Gasteiger partial charge on any atom is 0.416 e. The molecule has 0 amide bonds. The summed E-state index contributed by atoms with van der Waals surface area (Å²) in [5.41, 5.74) is 0.355. The summed E-state index contributed by atoms with van der Waals surface area (Å²) >= 11 is 3.33. The van der Waals surface area contributed by atoms with E-state index in [0.29, 0.717) is 11.1 Å². The Balaban J connectivity index is 1.92. The lowest BCUT2D eigenvalue weighted by Crippen LogP contribution is -2.08. The van der Waals surface area contributed by atoms with Crippen molar-refractivity contribution in [1.29, 1.82) is 0 Å². The predicted octanol–water partition coefficient (Wildman–Crippen LogP) is 5.19. The molecule has 7 heteroatoms. The van der Waals surface area contributed by atoms with Gasteiger partial charge in [0, 0.05) is 5.56 Å². The highest BCUT2D eigenvalue weighted by Crippen LogP contribution is 2.45. The maximum absolute atomic E-state index is 13.4. The number of hydrogen-bond donors (Lipinski definition) is 0. The van der Waals surface area contributed by atoms with Gasteiger partial charge in [-0.3, -0.25) is 0 Å². The number of hydrogen-bond acceptors (Lipinski definition) is 2. The molecule has 0 aromatic heterocycles. The minimum Gasteiger partial charge on any atom is -0.452 e. The Bertz CT molecular complexity index is 756. The first kappa shape index (κ1) is 16.0. The first-order valence-corrected chi connectivity index (χ1v) is 7.50. The minimum absolute atomic E-state index is 0.257. The van der Waals surface area contributed by atoms with Gasteiger partial charge in [-0.15, -0.1) is 0 Å². The molecule has 2 nitrogen and oxygen atoms in total. The quantitative estimate of drug-likeness (QED) is 0.401. The Morgan fingerprint density at radius 3 is 2.35 bits per heavy atom. The largest absolute Gasteiger partial charge is 0.452 e. The van der Waals surface area contributed by atoms with Crippen molar-refractivity contribution in [3.05, 3.63) is 70.5 Å². The fourth-order valence-corrected chi connectivity index (χ4v) is 3.14. The zero-order valence-electron chi connectivity index (χ0n) is 11.4. The van der Waals surface area contributed by atoms with Crippen LogP contribution in [-0.4, -0.2) is 5.97 Å². The van der Waals surface area contributed by atoms with E-state index in [1.54, 1.807) is 0 Å². The number of fused-ring (bicyclic) bond motifs is 1. The van der Waals surface area contributed by atoms with E-state index in [1.807, 2.05) is 0 Å². The minimum atomic E-state index is -4.42. The number of carbonyl (C=O) groups is 1. The predicted molar refractivity (Wildman–Crippen MR) is 77.7 cm³/mol. The molecule has 120 valence electrons. The van der Waals surface area contributed by atoms with Gasteiger partial charge in [-0.25, -0.2) is 9.18 Å². The topological polar surface area (TPSA) is 26.3 Å². The van der Waals surface area contributed by atoms with Crippen molar-refractivity contribution >= 4 is 21.9 Å². The molecule has 1 aliphatic heterocycles. The van der Waals surface area contributed by atoms with Crippen molar-refractivity contribution in [2.75, 3.05) is 0 Å². The number of ether oxygens (including phenoxy) is 1. The van der Waals surface area contributed by atoms with Gasteiger partial charge in [0.15, 0.2) is 0 Å². The van der Waals surface area contributed by atoms with E-state index in [2.05, 4.69) is 15.9 Å². The molecule has 0 N–H and O–H groups in total. The summed E-state index contributed by atoms with van der Waals surface area (Å²) in [6.45, 7) is 0. The molecule has 23 heavy (non-hydrogen) atoms. The number of benzene rings is 2. The number of halogens is 5. The molecule has 0 bridgehead atoms. The number of carbonyl (C=O) groups excluding carboxylic acids is 1. The molecule has 0 unspecified atom stereocenters. The molecule has 0 fully saturated rings. The second-order valence-electron chi connectivity index (χ2n) is 5.08. The maximum atomic E-state index is 13.4. The smallest absolute Gasteiger partial charge is 0.416 e. The van der Waals surface area contributed by atoms with Crippen LogP contribution in [0, 0.1) is 5.82 Å². The molecule has 1 heterocycles. The van der Waals surface area contributed by atoms with Crippen LogP contribution in [0.3, 0.4) is 0 Å². The fourth-order valence-electron chi connectivity index (χ4n) is 2.45. The summed E-state index contributed by atoms with van der Waals surface area (Å²) < 4.78 is 56.4. The Hall–Kier alpha value is -1.89. The molecule has 0 saturated carbocycles. The molecule has 0 aliphatic carbocycles. The fraction of sp³-hybridized carbons (Fsp3) is 0.188. The van der Waals surface area contributed by atoms with E-state index in [-0.39, 0.29) is 5.56 Å². The highest BCUT2D eigenvalue weighted by Gasteiger charge is 2.37. The third-order valence-electron chi connectivity index (χ3n) is 3.60. The van der Waals surface area contributed by atoms with Crippen LogP contribution in [0.2, 0.25) is 0 Å². The molecule has 3 rings (SSSR count). The second-order valence-corrected chi connectivity index (χ2v) is 6.07. The molecule has 2 aromatic carbocycles. The first-order chi connectivity index (χ1) is 10.8. The van der Waals surface area contributed by atoms with Gasteiger partial charge in [0.25, 0.3) is 0 Å². The van der Waals surface area contributed by atoms with Crippen LogP contribution in [0.25, 0.3) is 0 Å². The lowest BCUT2D eigenvalue weighted by molar-refractivity contribution is -0.137. The Morgan fingerprint density at radius 2 is 1.74 bits per heavy atom. The van der Waals surface area contributed by atoms with E-state index < -0.39 is 34.5 Å². The Labute approximate surface area is 137 Å². The van der Waals surface area contributed by atoms with Gasteiger partial charge in [0.1, 0.15) is 11.9 Å². The van der Waals surface area contributed by atoms with Gasteiger partial charge in [0.2, 0.25) is 0 Å². The number of alkyl halides is 4. The van der Waals surface area contributed by atoms with Gasteiger partial charge >= 0.3 is 12.1 Å². The van der Waals surface area contributed by atoms with Crippen LogP contribution >= 0.6 is 15.9 Å². The van der Waals surface area contributed by atoms with Crippen LogP contribution in [0.4, 0.5) is 17.6 Å². The SMILES string of the molecule is O=C1O[C@@H]([C@@H](Br)c2ccc(C(F)(F)F)cc2)c2cc(F)ccc21. The molecule has 0 saturated heterocycles. The van der Waals surface area contributed by atoms with Gasteiger partial charge in [0.05, 0.1) is 16.0 Å². The number of esters is 1. The lowest BCUT2D eigenvalue weighted by Gasteiger charge is -2.18. The van der Waals surface area contributed by atoms with Crippen LogP contribution in [0.5, 0.6) is 0 Å². The molecule has 0 spiro atoms. The zero-order chi connectivity index (χ0) is 16.8. The monoisotopic (exact) mass is 388 g/mol. The van der Waals surface area contributed by atoms with Crippen LogP contribution in [0.15, 0.2) is 42.5 Å². The van der Waals surface area contributed by atoms with Gasteiger partial charge in [-0.2, -0.15) is 13.2 Å². The number of cyclic esters (lactones) is 1. The molecule has 0 radical (unpaired) electrons. The highest BCUT2D eigenvalue weighted by molar-refractivity contribution is 9.09. The van der Waals surface area contributed by atoms with Gasteiger partial charge in [-0.05, 0) is 35.9 Å². The molecular formula is C16H9BrF4O2. The molecule has 2 aromatic rings. The third-order valence-corrected chi connectivity index (χ3v) is 4.61. The normalized spacial score (nSPS) is 18.5. The third kappa shape index (κ3) is 2.97. The van der Waals surface area contributed by atoms with E-state index in [9.17, 15) is 22.4 Å². The first-order valence-electron chi connectivity index (χ1n) is 6.59. The van der Waals surface area contributed by atoms with Crippen molar-refractivity contribution in [3.8, 4) is 0 Å². The molecule has 1 aliphatic rings. The van der Waals surface area contributed by atoms with Crippen molar-refractivity contribution in [1.82, 2.24) is 0 Å². The summed E-state index contributed by atoms with van der Waals surface area (Å²) in [6, 6.07) is 8.19. The summed E-state index contributed by atoms with van der Waals surface area (Å²) in [4.78, 5) is 11.2. The summed E-state index contributed by atoms with van der Waals surface area (Å²) in [7, 11) is 0. The van der Waals surface area contributed by atoms with Crippen LogP contribution in [0.1, 0.15) is 38.0 Å². The van der Waals surface area contributed by atoms with Crippen molar-refractivity contribution < 1.29 is 27.1 Å². The lowest BCUT2D eigenvalue weighted by atomic mass is 9.98. The summed E-state index contributed by atoms with van der Waals surface area (Å²) in [6.07, 6.45) is -5.22. The molecular weight excluding hydrogens is 380 g/mol. The Kier molecular flexibility index (Phi) is 3.91. The van der Waals surface area contributed by atoms with E-state index in [4.69, 9.17) is 4.74 Å². The van der Waals surface area contributed by atoms with Crippen LogP contribution < -0.4 is 0 Å². The highest BCUT2D eigenvalue weighted by atomic mass is 79.9. The van der Waals surface area contributed by atoms with E-state index >= 15 is 0 Å². The van der Waals surface area contributed by atoms with Crippen molar-refractivity contribution in [2.45, 2.75) is 17.1 Å². The summed E-state index contributed by atoms with van der Waals surface area (Å²) in [5.74, 6) is -1.10. The number of rotatable bonds is 2. The average Bonchev–Trinajstić information content (AvgIpc) is 2.82. The van der Waals surface area contributed by atoms with Gasteiger partial charge < -0.3 is 4.74 Å². The second kappa shape index (κ2) is 5.63. The van der Waals surface area contributed by atoms with Gasteiger partial charge in [-0.1, -0.05) is 28.1 Å².